The molecule has 0 spiro atoms. The number of allylic oxidation sites excluding steroid dienone is 3. The Morgan fingerprint density at radius 3 is 2.81 bits per heavy atom. The maximum atomic E-state index is 5.15. The van der Waals surface area contributed by atoms with E-state index in [1.165, 1.54) is 11.1 Å². The molecule has 0 saturated carbocycles. The minimum Gasteiger partial charge on any atom is -0.481 e. The van der Waals surface area contributed by atoms with E-state index in [0.717, 1.165) is 39.6 Å². The van der Waals surface area contributed by atoms with Crippen LogP contribution in [-0.4, -0.2) is 36.6 Å². The fourth-order valence-electron chi connectivity index (χ4n) is 4.03. The second-order valence-electron chi connectivity index (χ2n) is 7.68. The van der Waals surface area contributed by atoms with Gasteiger partial charge in [-0.05, 0) is 40.5 Å². The van der Waals surface area contributed by atoms with Gasteiger partial charge in [-0.1, -0.05) is 23.9 Å². The normalized spacial score (nSPS) is 13.5. The van der Waals surface area contributed by atoms with Crippen molar-refractivity contribution >= 4 is 11.1 Å². The molecule has 1 aliphatic carbocycles. The predicted molar refractivity (Wildman–Crippen MR) is 117 cm³/mol. The van der Waals surface area contributed by atoms with E-state index in [4.69, 9.17) is 9.72 Å². The van der Waals surface area contributed by atoms with Crippen molar-refractivity contribution in [3.05, 3.63) is 96.3 Å². The lowest BCUT2D eigenvalue weighted by Crippen LogP contribution is -2.03. The molecule has 1 aliphatic heterocycles. The molecular weight excluding hydrogens is 388 g/mol. The molecule has 6 rings (SSSR count). The number of fused-ring (bicyclic) bond motifs is 5. The molecule has 0 N–H and O–H groups in total. The van der Waals surface area contributed by atoms with Gasteiger partial charge in [-0.25, -0.2) is 14.6 Å². The Bertz CT molecular complexity index is 1360. The SMILES string of the molecule is C=C(Cc1ncn2c1Cc1cnnn1-c1cc(C3=C[CH]3)ccc1-2)c1ccc(OC)nc1. The number of nitrogens with zero attached hydrogens (tertiary/aromatic N) is 6. The lowest BCUT2D eigenvalue weighted by molar-refractivity contribution is 0.398. The number of rotatable bonds is 5. The average molecular weight is 407 g/mol. The van der Waals surface area contributed by atoms with E-state index in [0.29, 0.717) is 18.7 Å². The van der Waals surface area contributed by atoms with Crippen LogP contribution in [0.3, 0.4) is 0 Å². The number of aromatic nitrogens is 6. The van der Waals surface area contributed by atoms with Crippen molar-refractivity contribution < 1.29 is 4.74 Å². The van der Waals surface area contributed by atoms with E-state index >= 15 is 0 Å². The summed E-state index contributed by atoms with van der Waals surface area (Å²) in [4.78, 5) is 9.05. The molecule has 7 heteroatoms. The number of benzene rings is 1. The predicted octanol–water partition coefficient (Wildman–Crippen LogP) is 3.62. The Morgan fingerprint density at radius 1 is 1.13 bits per heavy atom. The van der Waals surface area contributed by atoms with Crippen molar-refractivity contribution in [2.45, 2.75) is 12.8 Å². The van der Waals surface area contributed by atoms with Crippen LogP contribution in [0.2, 0.25) is 0 Å². The van der Waals surface area contributed by atoms with Gasteiger partial charge in [0.15, 0.2) is 0 Å². The number of imidazole rings is 1. The standard InChI is InChI=1S/C24H19N6O/c1-15(18-6-8-24(31-2)25-12-18)9-20-22-11-19-13-27-28-30(19)23-10-17(16-3-4-16)5-7-21(23)29(22)14-26-20/h3-8,10,12-14H,1,9,11H2,2H3. The second kappa shape index (κ2) is 6.77. The van der Waals surface area contributed by atoms with Gasteiger partial charge >= 0.3 is 0 Å². The zero-order valence-electron chi connectivity index (χ0n) is 17.0. The fraction of sp³-hybridized carbons (Fsp3) is 0.125. The van der Waals surface area contributed by atoms with Crippen molar-refractivity contribution in [3.8, 4) is 17.3 Å². The molecule has 0 amide bonds. The van der Waals surface area contributed by atoms with Gasteiger partial charge in [0.2, 0.25) is 5.88 Å². The van der Waals surface area contributed by atoms with Gasteiger partial charge in [-0.15, -0.1) is 5.10 Å². The minimum atomic E-state index is 0.587. The Kier molecular flexibility index (Phi) is 3.89. The van der Waals surface area contributed by atoms with Crippen molar-refractivity contribution in [1.82, 2.24) is 29.5 Å². The maximum Gasteiger partial charge on any atom is 0.212 e. The van der Waals surface area contributed by atoms with Gasteiger partial charge in [-0.2, -0.15) is 0 Å². The molecule has 0 saturated heterocycles. The number of methoxy groups -OCH3 is 1. The Balaban J connectivity index is 1.40. The van der Waals surface area contributed by atoms with Crippen molar-refractivity contribution in [3.63, 3.8) is 0 Å². The zero-order valence-corrected chi connectivity index (χ0v) is 17.0. The van der Waals surface area contributed by atoms with Gasteiger partial charge in [0.25, 0.3) is 0 Å². The molecule has 0 unspecified atom stereocenters. The number of hydrogen-bond donors (Lipinski definition) is 0. The maximum absolute atomic E-state index is 5.15. The van der Waals surface area contributed by atoms with Gasteiger partial charge in [0.1, 0.15) is 0 Å². The molecule has 1 radical (unpaired) electrons. The number of pyridine rings is 1. The van der Waals surface area contributed by atoms with E-state index < -0.39 is 0 Å². The monoisotopic (exact) mass is 407 g/mol. The van der Waals surface area contributed by atoms with Crippen LogP contribution in [0.5, 0.6) is 5.88 Å². The highest BCUT2D eigenvalue weighted by Gasteiger charge is 2.25. The summed E-state index contributed by atoms with van der Waals surface area (Å²) in [5.74, 6) is 0.587. The smallest absolute Gasteiger partial charge is 0.212 e. The summed E-state index contributed by atoms with van der Waals surface area (Å²) in [5.41, 5.74) is 9.56. The van der Waals surface area contributed by atoms with Gasteiger partial charge < -0.3 is 9.30 Å². The highest BCUT2D eigenvalue weighted by Crippen LogP contribution is 2.35. The van der Waals surface area contributed by atoms with E-state index in [1.54, 1.807) is 13.3 Å². The van der Waals surface area contributed by atoms with Gasteiger partial charge in [0, 0.05) is 31.5 Å². The van der Waals surface area contributed by atoms with E-state index in [2.05, 4.69) is 57.1 Å². The first-order chi connectivity index (χ1) is 15.2. The van der Waals surface area contributed by atoms with Crippen LogP contribution in [0.15, 0.2) is 61.7 Å². The molecule has 0 bridgehead atoms. The summed E-state index contributed by atoms with van der Waals surface area (Å²) < 4.78 is 9.24. The lowest BCUT2D eigenvalue weighted by Gasteiger charge is -2.11. The summed E-state index contributed by atoms with van der Waals surface area (Å²) in [6, 6.07) is 10.3. The highest BCUT2D eigenvalue weighted by atomic mass is 16.5. The van der Waals surface area contributed by atoms with Crippen LogP contribution in [0.1, 0.15) is 28.2 Å². The summed E-state index contributed by atoms with van der Waals surface area (Å²) in [5, 5.41) is 8.53. The third-order valence-corrected chi connectivity index (χ3v) is 5.79. The number of ether oxygens (including phenoxy) is 1. The van der Waals surface area contributed by atoms with Gasteiger partial charge in [-0.3, -0.25) is 0 Å². The van der Waals surface area contributed by atoms with Crippen LogP contribution in [-0.2, 0) is 12.8 Å². The quantitative estimate of drug-likeness (QED) is 0.445. The van der Waals surface area contributed by atoms with E-state index in [9.17, 15) is 0 Å². The zero-order chi connectivity index (χ0) is 20.9. The fourth-order valence-corrected chi connectivity index (χ4v) is 4.03. The molecule has 2 aliphatic rings. The lowest BCUT2D eigenvalue weighted by atomic mass is 10.0. The molecule has 1 aromatic carbocycles. The molecule has 0 atom stereocenters. The first-order valence-corrected chi connectivity index (χ1v) is 10.0. The van der Waals surface area contributed by atoms with Crippen molar-refractivity contribution in [2.75, 3.05) is 7.11 Å². The first-order valence-electron chi connectivity index (χ1n) is 10.0. The van der Waals surface area contributed by atoms with Crippen LogP contribution in [0.25, 0.3) is 22.5 Å². The molecule has 7 nitrogen and oxygen atoms in total. The molecular formula is C24H19N6O. The van der Waals surface area contributed by atoms with Crippen LogP contribution in [0.4, 0.5) is 0 Å². The molecule has 31 heavy (non-hydrogen) atoms. The molecule has 4 heterocycles. The van der Waals surface area contributed by atoms with Gasteiger partial charge in [0.05, 0.1) is 48.1 Å². The summed E-state index contributed by atoms with van der Waals surface area (Å²) in [7, 11) is 1.61. The van der Waals surface area contributed by atoms with Crippen molar-refractivity contribution in [2.24, 2.45) is 0 Å². The Morgan fingerprint density at radius 2 is 2.03 bits per heavy atom. The van der Waals surface area contributed by atoms with Crippen LogP contribution >= 0.6 is 0 Å². The number of hydrogen-bond acceptors (Lipinski definition) is 5. The molecule has 0 fully saturated rings. The third-order valence-electron chi connectivity index (χ3n) is 5.79. The minimum absolute atomic E-state index is 0.587. The molecule has 151 valence electrons. The largest absolute Gasteiger partial charge is 0.481 e. The Labute approximate surface area is 179 Å². The Hall–Kier alpha value is -4.00. The highest BCUT2D eigenvalue weighted by molar-refractivity contribution is 5.88. The third kappa shape index (κ3) is 2.97. The van der Waals surface area contributed by atoms with E-state index in [-0.39, 0.29) is 0 Å². The van der Waals surface area contributed by atoms with Crippen LogP contribution in [0, 0.1) is 6.42 Å². The van der Waals surface area contributed by atoms with Crippen molar-refractivity contribution in [1.29, 1.82) is 0 Å². The average Bonchev–Trinajstić information content (AvgIpc) is 3.47. The molecule has 3 aromatic heterocycles. The first kappa shape index (κ1) is 17.8. The second-order valence-corrected chi connectivity index (χ2v) is 7.68. The van der Waals surface area contributed by atoms with E-state index in [1.807, 2.05) is 29.3 Å². The molecule has 4 aromatic rings. The van der Waals surface area contributed by atoms with Crippen LogP contribution < -0.4 is 4.74 Å². The summed E-state index contributed by atoms with van der Waals surface area (Å²) >= 11 is 0. The summed E-state index contributed by atoms with van der Waals surface area (Å²) in [6.45, 7) is 4.27. The topological polar surface area (TPSA) is 70.7 Å². The summed E-state index contributed by atoms with van der Waals surface area (Å²) in [6.07, 6.45) is 11.1.